The normalized spacial score (nSPS) is 26.2. The molecule has 1 fully saturated rings. The quantitative estimate of drug-likeness (QED) is 0.454. The van der Waals surface area contributed by atoms with Crippen LogP contribution < -0.4 is 0 Å². The highest BCUT2D eigenvalue weighted by atomic mass is 16.1. The Labute approximate surface area is 60.2 Å². The van der Waals surface area contributed by atoms with Gasteiger partial charge in [0, 0.05) is 25.4 Å². The molecule has 0 aliphatic carbocycles. The number of nitrogens with zero attached hydrogens (tertiary/aromatic N) is 2. The smallest absolute Gasteiger partial charge is 0.179 e. The number of hydrogen-bond donors (Lipinski definition) is 0. The lowest BCUT2D eigenvalue weighted by atomic mass is 9.99. The van der Waals surface area contributed by atoms with Crippen LogP contribution in [0, 0.1) is 17.4 Å². The molecule has 1 aliphatic rings. The molecule has 0 saturated carbocycles. The molecule has 0 aromatic carbocycles. The van der Waals surface area contributed by atoms with Gasteiger partial charge in [-0.2, -0.15) is 5.26 Å². The van der Waals surface area contributed by atoms with E-state index in [1.807, 2.05) is 13.1 Å². The van der Waals surface area contributed by atoms with Gasteiger partial charge in [0.2, 0.25) is 0 Å². The van der Waals surface area contributed by atoms with Crippen LogP contribution in [-0.4, -0.2) is 23.8 Å². The van der Waals surface area contributed by atoms with E-state index in [0.717, 1.165) is 0 Å². The van der Waals surface area contributed by atoms with Crippen LogP contribution >= 0.6 is 0 Å². The van der Waals surface area contributed by atoms with E-state index in [0.29, 0.717) is 19.5 Å². The van der Waals surface area contributed by atoms with Gasteiger partial charge in [0.1, 0.15) is 5.78 Å². The van der Waals surface area contributed by atoms with Crippen LogP contribution in [0.1, 0.15) is 13.3 Å². The molecule has 0 aromatic rings. The van der Waals surface area contributed by atoms with Crippen molar-refractivity contribution in [2.75, 3.05) is 13.1 Å². The lowest BCUT2D eigenvalue weighted by molar-refractivity contribution is -0.124. The summed E-state index contributed by atoms with van der Waals surface area (Å²) in [4.78, 5) is 12.6. The standard InChI is InChI=1S/C7H10N2O/c1-6-4-9(5-8)3-2-7(6)10/h6H,2-4H2,1H3. The molecule has 1 atom stereocenters. The summed E-state index contributed by atoms with van der Waals surface area (Å²) in [6, 6.07) is 0. The Morgan fingerprint density at radius 2 is 2.50 bits per heavy atom. The summed E-state index contributed by atoms with van der Waals surface area (Å²) in [5, 5.41) is 8.46. The lowest BCUT2D eigenvalue weighted by Crippen LogP contribution is -2.36. The minimum Gasteiger partial charge on any atom is -0.309 e. The van der Waals surface area contributed by atoms with Crippen LogP contribution in [0.4, 0.5) is 0 Å². The van der Waals surface area contributed by atoms with Crippen molar-refractivity contribution < 1.29 is 4.79 Å². The average molecular weight is 138 g/mol. The average Bonchev–Trinajstić information content (AvgIpc) is 1.95. The zero-order chi connectivity index (χ0) is 7.56. The number of carbonyl (C=O) groups is 1. The van der Waals surface area contributed by atoms with Gasteiger partial charge in [0.25, 0.3) is 0 Å². The van der Waals surface area contributed by atoms with E-state index < -0.39 is 0 Å². The third kappa shape index (κ3) is 1.27. The molecule has 54 valence electrons. The number of hydrogen-bond acceptors (Lipinski definition) is 3. The van der Waals surface area contributed by atoms with Gasteiger partial charge in [-0.3, -0.25) is 4.79 Å². The molecule has 0 aromatic heterocycles. The lowest BCUT2D eigenvalue weighted by Gasteiger charge is -2.24. The molecule has 0 amide bonds. The predicted molar refractivity (Wildman–Crippen MR) is 36.0 cm³/mol. The number of nitriles is 1. The fourth-order valence-corrected chi connectivity index (χ4v) is 1.11. The Hall–Kier alpha value is -1.04. The largest absolute Gasteiger partial charge is 0.309 e. The molecule has 1 saturated heterocycles. The van der Waals surface area contributed by atoms with Gasteiger partial charge in [-0.25, -0.2) is 0 Å². The van der Waals surface area contributed by atoms with Crippen molar-refractivity contribution in [1.29, 1.82) is 5.26 Å². The van der Waals surface area contributed by atoms with E-state index in [2.05, 4.69) is 0 Å². The van der Waals surface area contributed by atoms with Gasteiger partial charge in [0.15, 0.2) is 6.19 Å². The Bertz CT molecular complexity index is 183. The first kappa shape index (κ1) is 7.07. The highest BCUT2D eigenvalue weighted by molar-refractivity contribution is 5.81. The minimum atomic E-state index is 0.0494. The number of piperidine rings is 1. The Morgan fingerprint density at radius 3 is 3.00 bits per heavy atom. The maximum atomic E-state index is 10.9. The number of Topliss-reactive ketones (excluding diaryl/α,β-unsaturated/α-hetero) is 1. The second-order valence-corrected chi connectivity index (χ2v) is 2.66. The maximum absolute atomic E-state index is 10.9. The molecule has 1 unspecified atom stereocenters. The van der Waals surface area contributed by atoms with Gasteiger partial charge in [-0.05, 0) is 0 Å². The summed E-state index contributed by atoms with van der Waals surface area (Å²) in [6.45, 7) is 3.08. The third-order valence-electron chi connectivity index (χ3n) is 1.81. The molecular weight excluding hydrogens is 128 g/mol. The fraction of sp³-hybridized carbons (Fsp3) is 0.714. The monoisotopic (exact) mass is 138 g/mol. The Morgan fingerprint density at radius 1 is 1.80 bits per heavy atom. The molecule has 0 bridgehead atoms. The molecule has 1 aliphatic heterocycles. The first-order chi connectivity index (χ1) is 4.74. The second-order valence-electron chi connectivity index (χ2n) is 2.66. The number of rotatable bonds is 0. The van der Waals surface area contributed by atoms with Crippen LogP contribution in [0.5, 0.6) is 0 Å². The van der Waals surface area contributed by atoms with E-state index in [4.69, 9.17) is 5.26 Å². The van der Waals surface area contributed by atoms with E-state index >= 15 is 0 Å². The SMILES string of the molecule is CC1CN(C#N)CCC1=O. The van der Waals surface area contributed by atoms with Gasteiger partial charge in [-0.15, -0.1) is 0 Å². The zero-order valence-corrected chi connectivity index (χ0v) is 6.00. The van der Waals surface area contributed by atoms with Crippen molar-refractivity contribution in [2.24, 2.45) is 5.92 Å². The van der Waals surface area contributed by atoms with E-state index in [1.54, 1.807) is 4.90 Å². The molecule has 0 spiro atoms. The third-order valence-corrected chi connectivity index (χ3v) is 1.81. The number of carbonyl (C=O) groups excluding carboxylic acids is 1. The van der Waals surface area contributed by atoms with Crippen molar-refractivity contribution in [3.63, 3.8) is 0 Å². The van der Waals surface area contributed by atoms with Crippen molar-refractivity contribution in [1.82, 2.24) is 4.90 Å². The van der Waals surface area contributed by atoms with Crippen molar-refractivity contribution in [3.05, 3.63) is 0 Å². The van der Waals surface area contributed by atoms with Crippen LogP contribution in [0.2, 0.25) is 0 Å². The maximum Gasteiger partial charge on any atom is 0.179 e. The molecule has 0 radical (unpaired) electrons. The van der Waals surface area contributed by atoms with Crippen LogP contribution in [-0.2, 0) is 4.79 Å². The topological polar surface area (TPSA) is 44.1 Å². The molecular formula is C7H10N2O. The van der Waals surface area contributed by atoms with E-state index in [-0.39, 0.29) is 11.7 Å². The van der Waals surface area contributed by atoms with Gasteiger partial charge >= 0.3 is 0 Å². The summed E-state index contributed by atoms with van der Waals surface area (Å²) >= 11 is 0. The predicted octanol–water partition coefficient (Wildman–Crippen LogP) is 0.378. The number of likely N-dealkylation sites (tertiary alicyclic amines) is 1. The van der Waals surface area contributed by atoms with Crippen molar-refractivity contribution in [3.8, 4) is 6.19 Å². The second kappa shape index (κ2) is 2.70. The molecule has 1 rings (SSSR count). The molecule has 3 nitrogen and oxygen atoms in total. The summed E-state index contributed by atoms with van der Waals surface area (Å²) in [6.07, 6.45) is 2.57. The summed E-state index contributed by atoms with van der Waals surface area (Å²) in [5.74, 6) is 0.333. The van der Waals surface area contributed by atoms with Gasteiger partial charge in [-0.1, -0.05) is 6.92 Å². The molecule has 0 N–H and O–H groups in total. The number of ketones is 1. The molecule has 1 heterocycles. The van der Waals surface area contributed by atoms with E-state index in [1.165, 1.54) is 0 Å². The highest BCUT2D eigenvalue weighted by Crippen LogP contribution is 2.10. The highest BCUT2D eigenvalue weighted by Gasteiger charge is 2.21. The van der Waals surface area contributed by atoms with Crippen molar-refractivity contribution >= 4 is 5.78 Å². The van der Waals surface area contributed by atoms with Gasteiger partial charge < -0.3 is 4.90 Å². The summed E-state index contributed by atoms with van der Waals surface area (Å²) in [5.41, 5.74) is 0. The van der Waals surface area contributed by atoms with Crippen LogP contribution in [0.15, 0.2) is 0 Å². The van der Waals surface area contributed by atoms with Crippen LogP contribution in [0.3, 0.4) is 0 Å². The fourth-order valence-electron chi connectivity index (χ4n) is 1.11. The Balaban J connectivity index is 2.50. The van der Waals surface area contributed by atoms with E-state index in [9.17, 15) is 4.79 Å². The van der Waals surface area contributed by atoms with Gasteiger partial charge in [0.05, 0.1) is 0 Å². The zero-order valence-electron chi connectivity index (χ0n) is 6.00. The molecule has 10 heavy (non-hydrogen) atoms. The van der Waals surface area contributed by atoms with Crippen LogP contribution in [0.25, 0.3) is 0 Å². The minimum absolute atomic E-state index is 0.0494. The first-order valence-corrected chi connectivity index (χ1v) is 3.41. The summed E-state index contributed by atoms with van der Waals surface area (Å²) in [7, 11) is 0. The summed E-state index contributed by atoms with van der Waals surface area (Å²) < 4.78 is 0. The first-order valence-electron chi connectivity index (χ1n) is 3.41. The Kier molecular flexibility index (Phi) is 1.91. The van der Waals surface area contributed by atoms with Crippen molar-refractivity contribution in [2.45, 2.75) is 13.3 Å². The molecule has 3 heteroatoms.